The smallest absolute Gasteiger partial charge is 0.228 e. The maximum atomic E-state index is 13.1. The minimum absolute atomic E-state index is 0.0656. The maximum absolute atomic E-state index is 13.1. The van der Waals surface area contributed by atoms with Gasteiger partial charge in [-0.05, 0) is 36.2 Å². The van der Waals surface area contributed by atoms with Crippen molar-refractivity contribution in [1.29, 1.82) is 0 Å². The topological polar surface area (TPSA) is 43.9 Å². The van der Waals surface area contributed by atoms with Gasteiger partial charge in [0.25, 0.3) is 0 Å². The third-order valence-electron chi connectivity index (χ3n) is 5.83. The first kappa shape index (κ1) is 31.0. The molecule has 6 heteroatoms. The van der Waals surface area contributed by atoms with E-state index in [1.807, 2.05) is 57.2 Å². The highest BCUT2D eigenvalue weighted by Gasteiger charge is 2.24. The lowest BCUT2D eigenvalue weighted by molar-refractivity contribution is -0.131. The molecule has 0 aliphatic carbocycles. The van der Waals surface area contributed by atoms with Crippen LogP contribution in [0.25, 0.3) is 10.8 Å². The molecule has 0 radical (unpaired) electrons. The summed E-state index contributed by atoms with van der Waals surface area (Å²) in [6.07, 6.45) is 6.25. The fourth-order valence-electron chi connectivity index (χ4n) is 3.84. The predicted molar refractivity (Wildman–Crippen MR) is 152 cm³/mol. The van der Waals surface area contributed by atoms with Gasteiger partial charge in [-0.15, -0.1) is 0 Å². The summed E-state index contributed by atoms with van der Waals surface area (Å²) in [5.74, 6) is 0.0840. The zero-order valence-electron chi connectivity index (χ0n) is 23.2. The summed E-state index contributed by atoms with van der Waals surface area (Å²) in [5.41, 5.74) is 0. The standard InChI is InChI=1S/C24H33N3O2S.C3H8.C2H6/c1-5-20(24(28)25(3)4)11-10-19(2)26-14-16-27(17-15-26)30(29)23-13-12-21-8-6-7-9-22(21)18-23;1-3-2;1-2/h6-13,18-20H,5,14-17H2,1-4H3;3H2,1-2H3;1-2H3/b11-10-;;. The van der Waals surface area contributed by atoms with Gasteiger partial charge >= 0.3 is 0 Å². The lowest BCUT2D eigenvalue weighted by Crippen LogP contribution is -2.49. The molecular weight excluding hydrogens is 454 g/mol. The van der Waals surface area contributed by atoms with E-state index >= 15 is 0 Å². The van der Waals surface area contributed by atoms with Gasteiger partial charge in [0, 0.05) is 46.3 Å². The van der Waals surface area contributed by atoms with Crippen molar-refractivity contribution in [2.45, 2.75) is 65.3 Å². The Morgan fingerprint density at radius 2 is 1.54 bits per heavy atom. The third-order valence-corrected chi connectivity index (χ3v) is 7.32. The minimum atomic E-state index is -1.14. The number of rotatable bonds is 7. The van der Waals surface area contributed by atoms with Crippen LogP contribution in [0.5, 0.6) is 0 Å². The van der Waals surface area contributed by atoms with Crippen molar-refractivity contribution >= 4 is 27.7 Å². The SMILES string of the molecule is CC.CCC.CCC(/C=C\C(C)N1CCN(S(=O)c2ccc3ccccc3c2)CC1)C(=O)N(C)C. The summed E-state index contributed by atoms with van der Waals surface area (Å²) < 4.78 is 15.1. The molecule has 3 rings (SSSR count). The van der Waals surface area contributed by atoms with Crippen LogP contribution in [0.2, 0.25) is 0 Å². The summed E-state index contributed by atoms with van der Waals surface area (Å²) in [6.45, 7) is 15.7. The van der Waals surface area contributed by atoms with Gasteiger partial charge in [-0.25, -0.2) is 8.51 Å². The molecule has 0 saturated carbocycles. The van der Waals surface area contributed by atoms with Gasteiger partial charge in [-0.3, -0.25) is 9.69 Å². The largest absolute Gasteiger partial charge is 0.348 e. The fraction of sp³-hybridized carbons (Fsp3) is 0.552. The number of hydrogen-bond acceptors (Lipinski definition) is 3. The molecule has 0 spiro atoms. The van der Waals surface area contributed by atoms with Crippen LogP contribution in [0.4, 0.5) is 0 Å². The molecule has 2 aromatic rings. The van der Waals surface area contributed by atoms with E-state index < -0.39 is 11.0 Å². The van der Waals surface area contributed by atoms with Crippen molar-refractivity contribution in [2.24, 2.45) is 5.92 Å². The molecule has 5 nitrogen and oxygen atoms in total. The summed E-state index contributed by atoms with van der Waals surface area (Å²) in [6, 6.07) is 14.5. The van der Waals surface area contributed by atoms with E-state index in [1.165, 1.54) is 11.8 Å². The normalized spacial score (nSPS) is 17.0. The Labute approximate surface area is 216 Å². The Morgan fingerprint density at radius 1 is 0.971 bits per heavy atom. The average molecular weight is 502 g/mol. The van der Waals surface area contributed by atoms with Crippen LogP contribution >= 0.6 is 0 Å². The van der Waals surface area contributed by atoms with Gasteiger partial charge in [-0.2, -0.15) is 0 Å². The van der Waals surface area contributed by atoms with Crippen molar-refractivity contribution < 1.29 is 9.00 Å². The molecular formula is C29H47N3O2S. The predicted octanol–water partition coefficient (Wildman–Crippen LogP) is 5.98. The van der Waals surface area contributed by atoms with Crippen molar-refractivity contribution in [3.63, 3.8) is 0 Å². The van der Waals surface area contributed by atoms with Crippen molar-refractivity contribution in [3.05, 3.63) is 54.6 Å². The molecule has 1 aliphatic heterocycles. The Bertz CT molecular complexity index is 936. The minimum Gasteiger partial charge on any atom is -0.348 e. The van der Waals surface area contributed by atoms with Gasteiger partial charge in [0.05, 0.1) is 10.8 Å². The van der Waals surface area contributed by atoms with Crippen LogP contribution in [0.3, 0.4) is 0 Å². The van der Waals surface area contributed by atoms with Crippen LogP contribution < -0.4 is 0 Å². The molecule has 2 aromatic carbocycles. The van der Waals surface area contributed by atoms with Gasteiger partial charge < -0.3 is 4.90 Å². The number of piperazine rings is 1. The van der Waals surface area contributed by atoms with Crippen molar-refractivity contribution in [3.8, 4) is 0 Å². The molecule has 3 unspecified atom stereocenters. The van der Waals surface area contributed by atoms with E-state index in [9.17, 15) is 9.00 Å². The number of fused-ring (bicyclic) bond motifs is 1. The van der Waals surface area contributed by atoms with Crippen LogP contribution in [-0.2, 0) is 15.8 Å². The molecule has 3 atom stereocenters. The highest BCUT2D eigenvalue weighted by molar-refractivity contribution is 7.82. The number of carbonyl (C=O) groups is 1. The highest BCUT2D eigenvalue weighted by Crippen LogP contribution is 2.21. The monoisotopic (exact) mass is 501 g/mol. The van der Waals surface area contributed by atoms with Crippen LogP contribution in [0, 0.1) is 5.92 Å². The first-order valence-electron chi connectivity index (χ1n) is 13.1. The molecule has 0 N–H and O–H groups in total. The van der Waals surface area contributed by atoms with Crippen molar-refractivity contribution in [2.75, 3.05) is 40.3 Å². The zero-order valence-corrected chi connectivity index (χ0v) is 24.0. The number of carbonyl (C=O) groups excluding carboxylic acids is 1. The van der Waals surface area contributed by atoms with Crippen molar-refractivity contribution in [1.82, 2.24) is 14.1 Å². The number of benzene rings is 2. The van der Waals surface area contributed by atoms with Gasteiger partial charge in [-0.1, -0.05) is 83.5 Å². The van der Waals surface area contributed by atoms with Gasteiger partial charge in [0.15, 0.2) is 0 Å². The Morgan fingerprint density at radius 3 is 2.09 bits per heavy atom. The summed E-state index contributed by atoms with van der Waals surface area (Å²) in [4.78, 5) is 17.1. The third kappa shape index (κ3) is 9.51. The summed E-state index contributed by atoms with van der Waals surface area (Å²) in [7, 11) is 2.47. The molecule has 196 valence electrons. The fourth-order valence-corrected chi connectivity index (χ4v) is 5.05. The first-order valence-corrected chi connectivity index (χ1v) is 14.2. The van der Waals surface area contributed by atoms with Gasteiger partial charge in [0.2, 0.25) is 5.91 Å². The second-order valence-electron chi connectivity index (χ2n) is 8.80. The molecule has 35 heavy (non-hydrogen) atoms. The molecule has 1 heterocycles. The van der Waals surface area contributed by atoms with E-state index in [0.29, 0.717) is 0 Å². The Hall–Kier alpha value is -2.02. The molecule has 1 saturated heterocycles. The number of nitrogens with zero attached hydrogens (tertiary/aromatic N) is 3. The Kier molecular flexibility index (Phi) is 14.7. The van der Waals surface area contributed by atoms with E-state index in [-0.39, 0.29) is 17.9 Å². The first-order chi connectivity index (χ1) is 16.8. The van der Waals surface area contributed by atoms with E-state index in [1.54, 1.807) is 19.0 Å². The summed E-state index contributed by atoms with van der Waals surface area (Å²) in [5, 5.41) is 2.29. The van der Waals surface area contributed by atoms with E-state index in [4.69, 9.17) is 0 Å². The highest BCUT2D eigenvalue weighted by atomic mass is 32.2. The molecule has 0 bridgehead atoms. The van der Waals surface area contributed by atoms with Crippen LogP contribution in [-0.4, -0.2) is 70.5 Å². The molecule has 1 amide bonds. The van der Waals surface area contributed by atoms with Crippen LogP contribution in [0.1, 0.15) is 54.4 Å². The zero-order chi connectivity index (χ0) is 26.4. The second kappa shape index (κ2) is 16.6. The van der Waals surface area contributed by atoms with Crippen LogP contribution in [0.15, 0.2) is 59.5 Å². The summed E-state index contributed by atoms with van der Waals surface area (Å²) >= 11 is 0. The average Bonchev–Trinajstić information content (AvgIpc) is 2.89. The quantitative estimate of drug-likeness (QED) is 0.438. The Balaban J connectivity index is 0.00000114. The van der Waals surface area contributed by atoms with E-state index in [0.717, 1.165) is 42.9 Å². The lowest BCUT2D eigenvalue weighted by Gasteiger charge is -2.36. The molecule has 0 aromatic heterocycles. The molecule has 1 fully saturated rings. The lowest BCUT2D eigenvalue weighted by atomic mass is 10.0. The number of amides is 1. The number of hydrogen-bond donors (Lipinski definition) is 0. The van der Waals surface area contributed by atoms with E-state index in [2.05, 4.69) is 48.2 Å². The second-order valence-corrected chi connectivity index (χ2v) is 10.3. The molecule has 1 aliphatic rings. The maximum Gasteiger partial charge on any atom is 0.228 e. The van der Waals surface area contributed by atoms with Gasteiger partial charge in [0.1, 0.15) is 11.0 Å².